The molecule has 1 aliphatic heterocycles. The molecule has 0 amide bonds. The van der Waals surface area contributed by atoms with E-state index in [4.69, 9.17) is 0 Å². The highest BCUT2D eigenvalue weighted by Crippen LogP contribution is 2.34. The van der Waals surface area contributed by atoms with Crippen LogP contribution in [0.4, 0.5) is 0 Å². The highest BCUT2D eigenvalue weighted by Gasteiger charge is 2.31. The molecule has 68 valence electrons. The molecule has 2 fully saturated rings. The summed E-state index contributed by atoms with van der Waals surface area (Å²) in [5.74, 6) is 1.67. The van der Waals surface area contributed by atoms with Crippen LogP contribution < -0.4 is 0 Å². The highest BCUT2D eigenvalue weighted by atomic mass is 16.1. The minimum atomic E-state index is 0.371. The third kappa shape index (κ3) is 1.86. The van der Waals surface area contributed by atoms with Gasteiger partial charge in [-0.05, 0) is 38.8 Å². The monoisotopic (exact) mass is 167 g/mol. The van der Waals surface area contributed by atoms with Crippen molar-refractivity contribution in [1.82, 2.24) is 4.90 Å². The Bertz CT molecular complexity index is 186. The minimum Gasteiger partial charge on any atom is -0.306 e. The lowest BCUT2D eigenvalue weighted by Gasteiger charge is -2.08. The Kier molecular flexibility index (Phi) is 2.18. The number of nitrogens with zero attached hydrogens (tertiary/aromatic N) is 1. The normalized spacial score (nSPS) is 30.9. The van der Waals surface area contributed by atoms with Crippen LogP contribution in [0, 0.1) is 11.8 Å². The van der Waals surface area contributed by atoms with E-state index >= 15 is 0 Å². The van der Waals surface area contributed by atoms with Crippen molar-refractivity contribution in [3.63, 3.8) is 0 Å². The van der Waals surface area contributed by atoms with Gasteiger partial charge in [-0.1, -0.05) is 0 Å². The van der Waals surface area contributed by atoms with Crippen LogP contribution in [-0.2, 0) is 4.79 Å². The first-order chi connectivity index (χ1) is 5.75. The van der Waals surface area contributed by atoms with E-state index in [-0.39, 0.29) is 0 Å². The molecule has 0 aromatic carbocycles. The molecule has 0 unspecified atom stereocenters. The molecule has 2 aliphatic rings. The van der Waals surface area contributed by atoms with Crippen molar-refractivity contribution in [2.75, 3.05) is 20.1 Å². The maximum absolute atomic E-state index is 11.6. The standard InChI is InChI=1S/C10H17NO/c1-11-5-4-9(7-11)10(12)6-8-2-3-8/h8-9H,2-7H2,1H3/t9-/m1/s1. The lowest BCUT2D eigenvalue weighted by molar-refractivity contribution is -0.122. The minimum absolute atomic E-state index is 0.371. The first-order valence-corrected chi connectivity index (χ1v) is 4.97. The fraction of sp³-hybridized carbons (Fsp3) is 0.900. The number of carbonyl (C=O) groups excluding carboxylic acids is 1. The SMILES string of the molecule is CN1CC[C@@H](C(=O)CC2CC2)C1. The summed E-state index contributed by atoms with van der Waals surface area (Å²) in [5.41, 5.74) is 0. The van der Waals surface area contributed by atoms with Crippen molar-refractivity contribution < 1.29 is 4.79 Å². The predicted octanol–water partition coefficient (Wildman–Crippen LogP) is 1.31. The molecular formula is C10H17NO. The number of carbonyl (C=O) groups is 1. The van der Waals surface area contributed by atoms with Gasteiger partial charge in [0.05, 0.1) is 0 Å². The Hall–Kier alpha value is -0.370. The molecular weight excluding hydrogens is 150 g/mol. The Morgan fingerprint density at radius 2 is 2.17 bits per heavy atom. The fourth-order valence-corrected chi connectivity index (χ4v) is 1.97. The molecule has 2 heteroatoms. The molecule has 0 aromatic rings. The van der Waals surface area contributed by atoms with E-state index in [9.17, 15) is 4.79 Å². The van der Waals surface area contributed by atoms with Gasteiger partial charge in [0.15, 0.2) is 0 Å². The average molecular weight is 167 g/mol. The lowest BCUT2D eigenvalue weighted by Crippen LogP contribution is -2.19. The predicted molar refractivity (Wildman–Crippen MR) is 48.0 cm³/mol. The number of Topliss-reactive ketones (excluding diaryl/α,β-unsaturated/α-hetero) is 1. The quantitative estimate of drug-likeness (QED) is 0.631. The fourth-order valence-electron chi connectivity index (χ4n) is 1.97. The van der Waals surface area contributed by atoms with Gasteiger partial charge in [-0.2, -0.15) is 0 Å². The molecule has 1 atom stereocenters. The van der Waals surface area contributed by atoms with Crippen LogP contribution in [-0.4, -0.2) is 30.8 Å². The number of likely N-dealkylation sites (tertiary alicyclic amines) is 1. The van der Waals surface area contributed by atoms with Crippen LogP contribution in [0.25, 0.3) is 0 Å². The van der Waals surface area contributed by atoms with E-state index in [1.54, 1.807) is 0 Å². The van der Waals surface area contributed by atoms with Gasteiger partial charge in [-0.3, -0.25) is 4.79 Å². The molecule has 0 radical (unpaired) electrons. The molecule has 1 heterocycles. The van der Waals surface area contributed by atoms with Crippen molar-refractivity contribution >= 4 is 5.78 Å². The summed E-state index contributed by atoms with van der Waals surface area (Å²) < 4.78 is 0. The van der Waals surface area contributed by atoms with E-state index < -0.39 is 0 Å². The Morgan fingerprint density at radius 3 is 2.67 bits per heavy atom. The molecule has 2 rings (SSSR count). The van der Waals surface area contributed by atoms with Gasteiger partial charge in [-0.25, -0.2) is 0 Å². The van der Waals surface area contributed by atoms with Crippen molar-refractivity contribution in [2.24, 2.45) is 11.8 Å². The summed E-state index contributed by atoms with van der Waals surface area (Å²) in [6.07, 6.45) is 4.57. The number of rotatable bonds is 3. The smallest absolute Gasteiger partial charge is 0.137 e. The molecule has 0 aromatic heterocycles. The zero-order chi connectivity index (χ0) is 8.55. The molecule has 0 spiro atoms. The van der Waals surface area contributed by atoms with E-state index in [1.165, 1.54) is 12.8 Å². The summed E-state index contributed by atoms with van der Waals surface area (Å²) in [4.78, 5) is 13.9. The van der Waals surface area contributed by atoms with Gasteiger partial charge in [0.25, 0.3) is 0 Å². The zero-order valence-corrected chi connectivity index (χ0v) is 7.75. The summed E-state index contributed by atoms with van der Waals surface area (Å²) in [6, 6.07) is 0. The molecule has 1 saturated carbocycles. The van der Waals surface area contributed by atoms with Crippen LogP contribution in [0.3, 0.4) is 0 Å². The second-order valence-corrected chi connectivity index (χ2v) is 4.36. The third-order valence-electron chi connectivity index (χ3n) is 3.03. The number of ketones is 1. The number of hydrogen-bond donors (Lipinski definition) is 0. The van der Waals surface area contributed by atoms with Gasteiger partial charge in [0, 0.05) is 18.9 Å². The van der Waals surface area contributed by atoms with E-state index in [0.29, 0.717) is 11.7 Å². The summed E-state index contributed by atoms with van der Waals surface area (Å²) in [7, 11) is 2.10. The van der Waals surface area contributed by atoms with Crippen LogP contribution in [0.15, 0.2) is 0 Å². The maximum atomic E-state index is 11.6. The Balaban J connectivity index is 1.79. The van der Waals surface area contributed by atoms with Crippen LogP contribution in [0.2, 0.25) is 0 Å². The van der Waals surface area contributed by atoms with Gasteiger partial charge in [0.2, 0.25) is 0 Å². The number of hydrogen-bond acceptors (Lipinski definition) is 2. The van der Waals surface area contributed by atoms with Crippen LogP contribution in [0.1, 0.15) is 25.7 Å². The first-order valence-electron chi connectivity index (χ1n) is 4.97. The van der Waals surface area contributed by atoms with Crippen LogP contribution >= 0.6 is 0 Å². The van der Waals surface area contributed by atoms with Crippen LogP contribution in [0.5, 0.6) is 0 Å². The summed E-state index contributed by atoms with van der Waals surface area (Å²) in [5, 5.41) is 0. The Labute approximate surface area is 73.9 Å². The maximum Gasteiger partial charge on any atom is 0.137 e. The molecule has 0 bridgehead atoms. The van der Waals surface area contributed by atoms with E-state index in [0.717, 1.165) is 31.8 Å². The largest absolute Gasteiger partial charge is 0.306 e. The van der Waals surface area contributed by atoms with Gasteiger partial charge in [0.1, 0.15) is 5.78 Å². The van der Waals surface area contributed by atoms with Gasteiger partial charge < -0.3 is 4.90 Å². The molecule has 1 aliphatic carbocycles. The topological polar surface area (TPSA) is 20.3 Å². The van der Waals surface area contributed by atoms with E-state index in [1.807, 2.05) is 0 Å². The van der Waals surface area contributed by atoms with Crippen molar-refractivity contribution in [3.8, 4) is 0 Å². The third-order valence-corrected chi connectivity index (χ3v) is 3.03. The second-order valence-electron chi connectivity index (χ2n) is 4.36. The van der Waals surface area contributed by atoms with Gasteiger partial charge in [-0.15, -0.1) is 0 Å². The van der Waals surface area contributed by atoms with Crippen molar-refractivity contribution in [2.45, 2.75) is 25.7 Å². The molecule has 1 saturated heterocycles. The molecule has 12 heavy (non-hydrogen) atoms. The van der Waals surface area contributed by atoms with Crippen molar-refractivity contribution in [1.29, 1.82) is 0 Å². The van der Waals surface area contributed by atoms with Gasteiger partial charge >= 0.3 is 0 Å². The van der Waals surface area contributed by atoms with Crippen molar-refractivity contribution in [3.05, 3.63) is 0 Å². The lowest BCUT2D eigenvalue weighted by atomic mass is 9.99. The highest BCUT2D eigenvalue weighted by molar-refractivity contribution is 5.82. The van der Waals surface area contributed by atoms with E-state index in [2.05, 4.69) is 11.9 Å². The molecule has 0 N–H and O–H groups in total. The summed E-state index contributed by atoms with van der Waals surface area (Å²) in [6.45, 7) is 2.12. The Morgan fingerprint density at radius 1 is 1.42 bits per heavy atom. The first kappa shape index (κ1) is 8.24. The summed E-state index contributed by atoms with van der Waals surface area (Å²) >= 11 is 0. The zero-order valence-electron chi connectivity index (χ0n) is 7.75. The second kappa shape index (κ2) is 3.17. The average Bonchev–Trinajstić information content (AvgIpc) is 2.72. The molecule has 2 nitrogen and oxygen atoms in total.